The van der Waals surface area contributed by atoms with Crippen molar-refractivity contribution in [2.75, 3.05) is 5.32 Å². The van der Waals surface area contributed by atoms with Gasteiger partial charge in [-0.1, -0.05) is 69.3 Å². The van der Waals surface area contributed by atoms with Crippen LogP contribution >= 0.6 is 23.2 Å². The van der Waals surface area contributed by atoms with Crippen molar-refractivity contribution in [1.82, 2.24) is 0 Å². The quantitative estimate of drug-likeness (QED) is 0.351. The number of halogens is 3. The van der Waals surface area contributed by atoms with Gasteiger partial charge in [-0.3, -0.25) is 4.79 Å². The molecule has 2 nitrogen and oxygen atoms in total. The van der Waals surface area contributed by atoms with E-state index in [-0.39, 0.29) is 16.8 Å². The van der Waals surface area contributed by atoms with E-state index in [0.717, 1.165) is 49.5 Å². The van der Waals surface area contributed by atoms with Crippen molar-refractivity contribution in [3.63, 3.8) is 0 Å². The van der Waals surface area contributed by atoms with Gasteiger partial charge in [-0.2, -0.15) is 0 Å². The number of benzene rings is 2. The zero-order valence-corrected chi connectivity index (χ0v) is 24.1. The fraction of sp³-hybridized carbons (Fsp3) is 0.594. The molecule has 0 radical (unpaired) electrons. The number of carbonyl (C=O) groups is 1. The molecule has 1 amide bonds. The van der Waals surface area contributed by atoms with E-state index in [1.54, 1.807) is 6.07 Å². The summed E-state index contributed by atoms with van der Waals surface area (Å²) in [5, 5.41) is 3.94. The van der Waals surface area contributed by atoms with Gasteiger partial charge in [0.15, 0.2) is 0 Å². The number of rotatable bonds is 8. The number of hydrogen-bond acceptors (Lipinski definition) is 1. The van der Waals surface area contributed by atoms with Crippen LogP contribution in [0.3, 0.4) is 0 Å². The monoisotopic (exact) mass is 545 g/mol. The molecule has 2 aromatic rings. The van der Waals surface area contributed by atoms with Gasteiger partial charge in [0.1, 0.15) is 5.82 Å². The van der Waals surface area contributed by atoms with Crippen molar-refractivity contribution < 1.29 is 9.18 Å². The van der Waals surface area contributed by atoms with Gasteiger partial charge < -0.3 is 5.32 Å². The Bertz CT molecular complexity index is 1080. The molecule has 2 aromatic carbocycles. The summed E-state index contributed by atoms with van der Waals surface area (Å²) in [7, 11) is 0. The molecule has 2 aliphatic carbocycles. The minimum atomic E-state index is -0.477. The van der Waals surface area contributed by atoms with Crippen LogP contribution in [0.1, 0.15) is 88.8 Å². The first-order chi connectivity index (χ1) is 17.7. The molecule has 37 heavy (non-hydrogen) atoms. The molecule has 0 aliphatic heterocycles. The molecule has 5 heteroatoms. The molecule has 2 saturated carbocycles. The average Bonchev–Trinajstić information content (AvgIpc) is 3.68. The minimum Gasteiger partial charge on any atom is -0.326 e. The van der Waals surface area contributed by atoms with Crippen LogP contribution in [-0.2, 0) is 24.1 Å². The first-order valence-corrected chi connectivity index (χ1v) is 15.1. The SMILES string of the molecule is CCc1cc(Cl)c(CC2CCCC(C(C)C(=O)Nc3ccc(F)c(Cl)c3)CCCC2C)c(CC2CC2)c1. The molecule has 0 saturated heterocycles. The van der Waals surface area contributed by atoms with Gasteiger partial charge in [0, 0.05) is 16.6 Å². The van der Waals surface area contributed by atoms with E-state index >= 15 is 0 Å². The van der Waals surface area contributed by atoms with E-state index in [1.165, 1.54) is 60.9 Å². The van der Waals surface area contributed by atoms with Crippen LogP contribution in [0.4, 0.5) is 10.1 Å². The molecule has 202 valence electrons. The van der Waals surface area contributed by atoms with Crippen LogP contribution in [0.25, 0.3) is 0 Å². The Labute approximate surface area is 232 Å². The third kappa shape index (κ3) is 7.73. The molecule has 2 aliphatic rings. The standard InChI is InChI=1S/C32H42Cl2FNO/c1-4-22-15-26(16-23-11-12-23)28(29(33)17-22)18-25-10-6-9-24(8-5-7-20(25)2)21(3)32(37)36-27-13-14-31(35)30(34)19-27/h13-15,17,19-21,23-25H,4-12,16,18H2,1-3H3,(H,36,37). The van der Waals surface area contributed by atoms with Gasteiger partial charge in [0.25, 0.3) is 0 Å². The maximum atomic E-state index is 13.5. The van der Waals surface area contributed by atoms with Crippen molar-refractivity contribution in [1.29, 1.82) is 0 Å². The second kappa shape index (κ2) is 13.0. The highest BCUT2D eigenvalue weighted by Crippen LogP contribution is 2.39. The topological polar surface area (TPSA) is 29.1 Å². The van der Waals surface area contributed by atoms with E-state index in [4.69, 9.17) is 23.2 Å². The number of anilines is 1. The maximum Gasteiger partial charge on any atom is 0.227 e. The summed E-state index contributed by atoms with van der Waals surface area (Å²) in [6.45, 7) is 6.65. The minimum absolute atomic E-state index is 0.0102. The molecule has 4 unspecified atom stereocenters. The Morgan fingerprint density at radius 2 is 1.73 bits per heavy atom. The predicted octanol–water partition coefficient (Wildman–Crippen LogP) is 9.69. The summed E-state index contributed by atoms with van der Waals surface area (Å²) in [4.78, 5) is 13.0. The van der Waals surface area contributed by atoms with E-state index in [9.17, 15) is 9.18 Å². The maximum absolute atomic E-state index is 13.5. The van der Waals surface area contributed by atoms with Crippen LogP contribution in [0.5, 0.6) is 0 Å². The van der Waals surface area contributed by atoms with Crippen LogP contribution in [0.15, 0.2) is 30.3 Å². The molecule has 0 spiro atoms. The summed E-state index contributed by atoms with van der Waals surface area (Å²) in [6, 6.07) is 8.95. The first-order valence-electron chi connectivity index (χ1n) is 14.3. The fourth-order valence-corrected chi connectivity index (χ4v) is 6.64. The van der Waals surface area contributed by atoms with Crippen LogP contribution in [0.2, 0.25) is 10.0 Å². The van der Waals surface area contributed by atoms with Crippen molar-refractivity contribution in [3.05, 3.63) is 62.9 Å². The number of hydrogen-bond donors (Lipinski definition) is 1. The van der Waals surface area contributed by atoms with Gasteiger partial charge in [0.2, 0.25) is 5.91 Å². The zero-order chi connectivity index (χ0) is 26.5. The highest BCUT2D eigenvalue weighted by atomic mass is 35.5. The summed E-state index contributed by atoms with van der Waals surface area (Å²) in [5.41, 5.74) is 4.78. The highest BCUT2D eigenvalue weighted by Gasteiger charge is 2.29. The van der Waals surface area contributed by atoms with E-state index < -0.39 is 5.82 Å². The lowest BCUT2D eigenvalue weighted by molar-refractivity contribution is -0.121. The van der Waals surface area contributed by atoms with Crippen LogP contribution < -0.4 is 5.32 Å². The third-order valence-electron chi connectivity index (χ3n) is 8.92. The zero-order valence-electron chi connectivity index (χ0n) is 22.6. The Hall–Kier alpha value is -1.58. The van der Waals surface area contributed by atoms with Crippen LogP contribution in [0, 0.1) is 35.4 Å². The lowest BCUT2D eigenvalue weighted by Gasteiger charge is -2.26. The summed E-state index contributed by atoms with van der Waals surface area (Å²) in [5.74, 6) is 1.86. The van der Waals surface area contributed by atoms with Crippen molar-refractivity contribution >= 4 is 34.8 Å². The molecular formula is C32H42Cl2FNO. The smallest absolute Gasteiger partial charge is 0.227 e. The predicted molar refractivity (Wildman–Crippen MR) is 154 cm³/mol. The van der Waals surface area contributed by atoms with Gasteiger partial charge in [-0.25, -0.2) is 4.39 Å². The number of carbonyl (C=O) groups excluding carboxylic acids is 1. The Morgan fingerprint density at radius 3 is 2.41 bits per heavy atom. The second-order valence-electron chi connectivity index (χ2n) is 11.7. The first kappa shape index (κ1) is 28.4. The normalized spacial score (nSPS) is 23.6. The molecule has 4 atom stereocenters. The highest BCUT2D eigenvalue weighted by molar-refractivity contribution is 6.31. The largest absolute Gasteiger partial charge is 0.326 e. The summed E-state index contributed by atoms with van der Waals surface area (Å²) >= 11 is 12.8. The lowest BCUT2D eigenvalue weighted by Crippen LogP contribution is -2.27. The summed E-state index contributed by atoms with van der Waals surface area (Å²) < 4.78 is 13.5. The molecule has 4 rings (SSSR count). The van der Waals surface area contributed by atoms with Gasteiger partial charge >= 0.3 is 0 Å². The Morgan fingerprint density at radius 1 is 1.00 bits per heavy atom. The number of aryl methyl sites for hydroxylation is 1. The number of nitrogens with one attached hydrogen (secondary N) is 1. The van der Waals surface area contributed by atoms with Gasteiger partial charge in [-0.15, -0.1) is 0 Å². The van der Waals surface area contributed by atoms with E-state index in [2.05, 4.69) is 31.3 Å². The third-order valence-corrected chi connectivity index (χ3v) is 9.55. The van der Waals surface area contributed by atoms with E-state index in [0.29, 0.717) is 23.4 Å². The molecule has 0 bridgehead atoms. The van der Waals surface area contributed by atoms with Crippen molar-refractivity contribution in [2.24, 2.45) is 29.6 Å². The molecule has 2 fully saturated rings. The lowest BCUT2D eigenvalue weighted by atomic mass is 9.80. The molecule has 0 heterocycles. The van der Waals surface area contributed by atoms with Crippen molar-refractivity contribution in [3.8, 4) is 0 Å². The van der Waals surface area contributed by atoms with Crippen LogP contribution in [-0.4, -0.2) is 5.91 Å². The number of amides is 1. The van der Waals surface area contributed by atoms with Crippen molar-refractivity contribution in [2.45, 2.75) is 91.4 Å². The van der Waals surface area contributed by atoms with Gasteiger partial charge in [-0.05, 0) is 116 Å². The fourth-order valence-electron chi connectivity index (χ4n) is 6.12. The van der Waals surface area contributed by atoms with E-state index in [1.807, 2.05) is 6.92 Å². The second-order valence-corrected chi connectivity index (χ2v) is 12.5. The Balaban J connectivity index is 1.40. The molecule has 1 N–H and O–H groups in total. The summed E-state index contributed by atoms with van der Waals surface area (Å²) in [6.07, 6.45) is 12.7. The average molecular weight is 547 g/mol. The Kier molecular flexibility index (Phi) is 9.97. The van der Waals surface area contributed by atoms with Gasteiger partial charge in [0.05, 0.1) is 5.02 Å². The molecular weight excluding hydrogens is 504 g/mol. The molecule has 0 aromatic heterocycles.